The molecule has 0 fully saturated rings. The van der Waals surface area contributed by atoms with Crippen LogP contribution in [0.15, 0.2) is 60.8 Å². The van der Waals surface area contributed by atoms with Gasteiger partial charge in [0.15, 0.2) is 0 Å². The second-order valence-electron chi connectivity index (χ2n) is 5.65. The maximum absolute atomic E-state index is 12.2. The van der Waals surface area contributed by atoms with Crippen molar-refractivity contribution in [3.63, 3.8) is 0 Å². The minimum atomic E-state index is -3.33. The number of benzene rings is 2. The molecule has 2 aromatic carbocycles. The second-order valence-corrected chi connectivity index (χ2v) is 7.45. The van der Waals surface area contributed by atoms with Crippen molar-refractivity contribution in [3.8, 4) is 0 Å². The van der Waals surface area contributed by atoms with Crippen molar-refractivity contribution in [3.05, 3.63) is 71.9 Å². The number of aromatic nitrogens is 1. The number of aryl methyl sites for hydroxylation is 1. The first-order valence-corrected chi connectivity index (χ1v) is 9.26. The lowest BCUT2D eigenvalue weighted by atomic mass is 10.1. The summed E-state index contributed by atoms with van der Waals surface area (Å²) in [6, 6.07) is 17.7. The van der Waals surface area contributed by atoms with E-state index in [-0.39, 0.29) is 5.75 Å². The van der Waals surface area contributed by atoms with Gasteiger partial charge in [-0.1, -0.05) is 42.5 Å². The highest BCUT2D eigenvalue weighted by molar-refractivity contribution is 7.88. The van der Waals surface area contributed by atoms with Crippen molar-refractivity contribution in [1.29, 1.82) is 0 Å². The first-order chi connectivity index (χ1) is 11.1. The lowest BCUT2D eigenvalue weighted by molar-refractivity contribution is 0.573. The van der Waals surface area contributed by atoms with Gasteiger partial charge in [0.25, 0.3) is 0 Å². The molecule has 0 aliphatic rings. The van der Waals surface area contributed by atoms with Gasteiger partial charge in [0, 0.05) is 24.8 Å². The Morgan fingerprint density at radius 1 is 1.00 bits per heavy atom. The maximum atomic E-state index is 12.2. The third-order valence-corrected chi connectivity index (χ3v) is 5.30. The third-order valence-electron chi connectivity index (χ3n) is 3.96. The van der Waals surface area contributed by atoms with Crippen molar-refractivity contribution in [2.24, 2.45) is 0 Å². The Morgan fingerprint density at radius 3 is 2.57 bits per heavy atom. The molecule has 120 valence electrons. The smallest absolute Gasteiger partial charge is 0.215 e. The molecule has 0 radical (unpaired) electrons. The second kappa shape index (κ2) is 6.56. The Bertz CT molecular complexity index is 913. The molecular formula is C18H20N2O2S. The molecule has 0 saturated heterocycles. The minimum Gasteiger partial charge on any atom is -0.346 e. The predicted octanol–water partition coefficient (Wildman–Crippen LogP) is 3.07. The summed E-state index contributed by atoms with van der Waals surface area (Å²) in [5.74, 6) is 0.0199. The highest BCUT2D eigenvalue weighted by atomic mass is 32.2. The topological polar surface area (TPSA) is 51.1 Å². The van der Waals surface area contributed by atoms with Crippen LogP contribution in [0, 0.1) is 6.92 Å². The average molecular weight is 328 g/mol. The van der Waals surface area contributed by atoms with Crippen molar-refractivity contribution >= 4 is 20.9 Å². The van der Waals surface area contributed by atoms with Crippen LogP contribution in [0.4, 0.5) is 0 Å². The number of para-hydroxylation sites is 1. The monoisotopic (exact) mass is 328 g/mol. The molecule has 0 aliphatic carbocycles. The first-order valence-electron chi connectivity index (χ1n) is 7.61. The summed E-state index contributed by atoms with van der Waals surface area (Å²) in [5.41, 5.74) is 2.95. The normalized spacial score (nSPS) is 11.9. The number of nitrogens with one attached hydrogen (secondary N) is 1. The molecule has 0 aliphatic heterocycles. The van der Waals surface area contributed by atoms with Gasteiger partial charge in [-0.25, -0.2) is 13.1 Å². The Labute approximate surface area is 136 Å². The van der Waals surface area contributed by atoms with Gasteiger partial charge in [-0.15, -0.1) is 0 Å². The predicted molar refractivity (Wildman–Crippen MR) is 93.7 cm³/mol. The van der Waals surface area contributed by atoms with Crippen molar-refractivity contribution in [1.82, 2.24) is 9.29 Å². The lowest BCUT2D eigenvalue weighted by Crippen LogP contribution is -2.28. The Kier molecular flexibility index (Phi) is 4.50. The van der Waals surface area contributed by atoms with Crippen LogP contribution in [0.5, 0.6) is 0 Å². The zero-order valence-corrected chi connectivity index (χ0v) is 13.9. The molecule has 0 spiro atoms. The van der Waals surface area contributed by atoms with Gasteiger partial charge in [0.05, 0.1) is 5.75 Å². The SMILES string of the molecule is Cc1ccccc1CS(=O)(=O)NCCn1ccc2ccccc21. The average Bonchev–Trinajstić information content (AvgIpc) is 2.93. The van der Waals surface area contributed by atoms with E-state index in [1.807, 2.05) is 67.7 Å². The van der Waals surface area contributed by atoms with Crippen LogP contribution in [0.3, 0.4) is 0 Å². The van der Waals surface area contributed by atoms with Crippen molar-refractivity contribution in [2.75, 3.05) is 6.54 Å². The van der Waals surface area contributed by atoms with Gasteiger partial charge in [-0.2, -0.15) is 0 Å². The molecule has 3 rings (SSSR count). The number of rotatable bonds is 6. The molecule has 1 heterocycles. The van der Waals surface area contributed by atoms with Gasteiger partial charge >= 0.3 is 0 Å². The first kappa shape index (κ1) is 15.8. The standard InChI is InChI=1S/C18H20N2O2S/c1-15-6-2-3-8-17(15)14-23(21,22)19-11-13-20-12-10-16-7-4-5-9-18(16)20/h2-10,12,19H,11,13-14H2,1H3. The van der Waals surface area contributed by atoms with E-state index >= 15 is 0 Å². The molecule has 23 heavy (non-hydrogen) atoms. The molecule has 0 saturated carbocycles. The molecular weight excluding hydrogens is 308 g/mol. The summed E-state index contributed by atoms with van der Waals surface area (Å²) in [7, 11) is -3.33. The van der Waals surface area contributed by atoms with Crippen molar-refractivity contribution in [2.45, 2.75) is 19.2 Å². The highest BCUT2D eigenvalue weighted by Gasteiger charge is 2.12. The Hall–Kier alpha value is -2.11. The molecule has 1 aromatic heterocycles. The summed E-state index contributed by atoms with van der Waals surface area (Å²) in [6.45, 7) is 2.92. The Morgan fingerprint density at radius 2 is 1.74 bits per heavy atom. The van der Waals surface area contributed by atoms with Gasteiger partial charge in [0.2, 0.25) is 10.0 Å². The number of sulfonamides is 1. The Balaban J connectivity index is 1.62. The van der Waals surface area contributed by atoms with Crippen LogP contribution >= 0.6 is 0 Å². The van der Waals surface area contributed by atoms with Gasteiger partial charge < -0.3 is 4.57 Å². The fourth-order valence-electron chi connectivity index (χ4n) is 2.68. The summed E-state index contributed by atoms with van der Waals surface area (Å²) in [6.07, 6.45) is 1.99. The zero-order valence-electron chi connectivity index (χ0n) is 13.1. The summed E-state index contributed by atoms with van der Waals surface area (Å²) in [5, 5.41) is 1.16. The van der Waals surface area contributed by atoms with Crippen LogP contribution in [0.25, 0.3) is 10.9 Å². The fraction of sp³-hybridized carbons (Fsp3) is 0.222. The molecule has 0 atom stereocenters. The fourth-order valence-corrected chi connectivity index (χ4v) is 3.92. The lowest BCUT2D eigenvalue weighted by Gasteiger charge is -2.10. The zero-order chi connectivity index (χ0) is 16.3. The van der Waals surface area contributed by atoms with Crippen molar-refractivity contribution < 1.29 is 8.42 Å². The van der Waals surface area contributed by atoms with Crippen LogP contribution in [-0.2, 0) is 22.3 Å². The summed E-state index contributed by atoms with van der Waals surface area (Å²) < 4.78 is 29.2. The van der Waals surface area contributed by atoms with E-state index in [9.17, 15) is 8.42 Å². The molecule has 4 nitrogen and oxygen atoms in total. The van der Waals surface area contributed by atoms with Crippen LogP contribution in [-0.4, -0.2) is 19.5 Å². The summed E-state index contributed by atoms with van der Waals surface area (Å²) >= 11 is 0. The van der Waals surface area contributed by atoms with E-state index in [0.717, 1.165) is 22.0 Å². The van der Waals surface area contributed by atoms with E-state index in [1.165, 1.54) is 0 Å². The molecule has 1 N–H and O–H groups in total. The number of nitrogens with zero attached hydrogens (tertiary/aromatic N) is 1. The molecule has 5 heteroatoms. The van der Waals surface area contributed by atoms with Crippen LogP contribution < -0.4 is 4.72 Å². The number of hydrogen-bond donors (Lipinski definition) is 1. The molecule has 0 bridgehead atoms. The highest BCUT2D eigenvalue weighted by Crippen LogP contribution is 2.15. The quantitative estimate of drug-likeness (QED) is 0.756. The van der Waals surface area contributed by atoms with E-state index in [4.69, 9.17) is 0 Å². The maximum Gasteiger partial charge on any atom is 0.215 e. The van der Waals surface area contributed by atoms with Crippen LogP contribution in [0.2, 0.25) is 0 Å². The number of fused-ring (bicyclic) bond motifs is 1. The van der Waals surface area contributed by atoms with Gasteiger partial charge in [-0.05, 0) is 35.6 Å². The van der Waals surface area contributed by atoms with E-state index in [1.54, 1.807) is 0 Å². The van der Waals surface area contributed by atoms with Gasteiger partial charge in [0.1, 0.15) is 0 Å². The van der Waals surface area contributed by atoms with E-state index in [2.05, 4.69) is 9.29 Å². The molecule has 0 amide bonds. The summed E-state index contributed by atoms with van der Waals surface area (Å²) in [4.78, 5) is 0. The van der Waals surface area contributed by atoms with E-state index in [0.29, 0.717) is 13.1 Å². The third kappa shape index (κ3) is 3.81. The largest absolute Gasteiger partial charge is 0.346 e. The van der Waals surface area contributed by atoms with E-state index < -0.39 is 10.0 Å². The molecule has 3 aromatic rings. The molecule has 0 unspecified atom stereocenters. The minimum absolute atomic E-state index is 0.0199. The number of hydrogen-bond acceptors (Lipinski definition) is 2. The van der Waals surface area contributed by atoms with Gasteiger partial charge in [-0.3, -0.25) is 0 Å². The van der Waals surface area contributed by atoms with Crippen LogP contribution in [0.1, 0.15) is 11.1 Å².